The van der Waals surface area contributed by atoms with E-state index in [4.69, 9.17) is 4.52 Å². The highest BCUT2D eigenvalue weighted by Crippen LogP contribution is 2.11. The van der Waals surface area contributed by atoms with Crippen molar-refractivity contribution in [3.8, 4) is 0 Å². The van der Waals surface area contributed by atoms with Crippen LogP contribution in [0.25, 0.3) is 0 Å². The lowest BCUT2D eigenvalue weighted by Crippen LogP contribution is -2.38. The van der Waals surface area contributed by atoms with Gasteiger partial charge in [-0.05, 0) is 17.7 Å². The monoisotopic (exact) mass is 351 g/mol. The summed E-state index contributed by atoms with van der Waals surface area (Å²) in [5.41, 5.74) is 1.21. The lowest BCUT2D eigenvalue weighted by molar-refractivity contribution is 0.386. The fourth-order valence-electron chi connectivity index (χ4n) is 1.89. The normalized spacial score (nSPS) is 11.5. The van der Waals surface area contributed by atoms with E-state index in [-0.39, 0.29) is 0 Å². The van der Waals surface area contributed by atoms with Crippen molar-refractivity contribution in [2.75, 3.05) is 14.1 Å². The van der Waals surface area contributed by atoms with Gasteiger partial charge in [0.2, 0.25) is 5.89 Å². The molecule has 1 heterocycles. The van der Waals surface area contributed by atoms with Gasteiger partial charge in [0, 0.05) is 32.0 Å². The molecule has 6 nitrogen and oxygen atoms in total. The van der Waals surface area contributed by atoms with Gasteiger partial charge in [0.1, 0.15) is 0 Å². The number of aryl methyl sites for hydroxylation is 1. The molecule has 0 spiro atoms. The molecule has 0 saturated heterocycles. The summed E-state index contributed by atoms with van der Waals surface area (Å²) in [6, 6.07) is 8.22. The van der Waals surface area contributed by atoms with Crippen LogP contribution in [0.1, 0.15) is 17.3 Å². The first-order valence-electron chi connectivity index (χ1n) is 6.54. The summed E-state index contributed by atoms with van der Waals surface area (Å²) in [7, 11) is 3.74. The number of hydrogen-bond acceptors (Lipinski definition) is 4. The molecule has 0 saturated carbocycles. The third-order valence-electron chi connectivity index (χ3n) is 2.88. The maximum Gasteiger partial charge on any atom is 0.223 e. The van der Waals surface area contributed by atoms with Gasteiger partial charge in [-0.25, -0.2) is 0 Å². The van der Waals surface area contributed by atoms with Gasteiger partial charge in [0.05, 0.1) is 6.54 Å². The van der Waals surface area contributed by atoms with E-state index in [1.807, 2.05) is 24.1 Å². The van der Waals surface area contributed by atoms with Crippen molar-refractivity contribution in [3.05, 3.63) is 46.0 Å². The number of nitrogens with one attached hydrogen (secondary N) is 1. The van der Waals surface area contributed by atoms with Crippen LogP contribution in [0.3, 0.4) is 0 Å². The number of benzene rings is 1. The van der Waals surface area contributed by atoms with Crippen molar-refractivity contribution in [2.24, 2.45) is 4.99 Å². The lowest BCUT2D eigenvalue weighted by atomic mass is 10.2. The van der Waals surface area contributed by atoms with E-state index < -0.39 is 0 Å². The van der Waals surface area contributed by atoms with Gasteiger partial charge in [-0.15, -0.1) is 0 Å². The summed E-state index contributed by atoms with van der Waals surface area (Å²) < 4.78 is 6.01. The van der Waals surface area contributed by atoms with Crippen LogP contribution >= 0.6 is 15.9 Å². The summed E-state index contributed by atoms with van der Waals surface area (Å²) in [6.45, 7) is 3.01. The first-order valence-corrected chi connectivity index (χ1v) is 7.33. The minimum Gasteiger partial charge on any atom is -0.349 e. The van der Waals surface area contributed by atoms with Gasteiger partial charge < -0.3 is 14.7 Å². The summed E-state index contributed by atoms with van der Waals surface area (Å²) in [4.78, 5) is 10.4. The predicted octanol–water partition coefficient (Wildman–Crippen LogP) is 2.35. The van der Waals surface area contributed by atoms with Crippen LogP contribution in [0.5, 0.6) is 0 Å². The van der Waals surface area contributed by atoms with Crippen LogP contribution in [-0.2, 0) is 13.1 Å². The quantitative estimate of drug-likeness (QED) is 0.676. The van der Waals surface area contributed by atoms with E-state index in [0.29, 0.717) is 18.3 Å². The number of halogens is 1. The van der Waals surface area contributed by atoms with E-state index >= 15 is 0 Å². The largest absolute Gasteiger partial charge is 0.349 e. The van der Waals surface area contributed by atoms with Crippen molar-refractivity contribution in [2.45, 2.75) is 20.0 Å². The molecule has 2 aromatic rings. The zero-order valence-electron chi connectivity index (χ0n) is 12.3. The smallest absolute Gasteiger partial charge is 0.223 e. The van der Waals surface area contributed by atoms with Gasteiger partial charge in [-0.3, -0.25) is 4.99 Å². The van der Waals surface area contributed by atoms with Gasteiger partial charge in [0.25, 0.3) is 0 Å². The molecule has 1 aromatic carbocycles. The van der Waals surface area contributed by atoms with Crippen molar-refractivity contribution < 1.29 is 4.52 Å². The van der Waals surface area contributed by atoms with Crippen molar-refractivity contribution in [1.82, 2.24) is 20.4 Å². The molecule has 0 amide bonds. The number of hydrogen-bond donors (Lipinski definition) is 1. The number of rotatable bonds is 4. The molecule has 0 atom stereocenters. The molecule has 0 aliphatic carbocycles. The zero-order chi connectivity index (χ0) is 15.2. The fourth-order valence-corrected chi connectivity index (χ4v) is 2.16. The van der Waals surface area contributed by atoms with Gasteiger partial charge in [0.15, 0.2) is 11.8 Å². The molecule has 0 radical (unpaired) electrons. The summed E-state index contributed by atoms with van der Waals surface area (Å²) in [5, 5.41) is 7.06. The van der Waals surface area contributed by atoms with Crippen molar-refractivity contribution >= 4 is 21.9 Å². The standard InChI is InChI=1S/C14H18BrN5O/c1-10-18-13(19-21-10)8-17-14(16-2)20(3)9-11-4-6-12(15)7-5-11/h4-7H,8-9H2,1-3H3,(H,16,17). The Hall–Kier alpha value is -1.89. The Morgan fingerprint density at radius 2 is 2.10 bits per heavy atom. The number of aromatic nitrogens is 2. The van der Waals surface area contributed by atoms with E-state index in [1.54, 1.807) is 14.0 Å². The maximum absolute atomic E-state index is 4.94. The number of guanidine groups is 1. The highest BCUT2D eigenvalue weighted by Gasteiger charge is 2.08. The van der Waals surface area contributed by atoms with Gasteiger partial charge in [-0.1, -0.05) is 33.2 Å². The lowest BCUT2D eigenvalue weighted by Gasteiger charge is -2.21. The molecule has 1 aromatic heterocycles. The van der Waals surface area contributed by atoms with Crippen LogP contribution in [0.15, 0.2) is 38.3 Å². The van der Waals surface area contributed by atoms with Crippen LogP contribution in [0.4, 0.5) is 0 Å². The molecule has 0 fully saturated rings. The third kappa shape index (κ3) is 4.56. The van der Waals surface area contributed by atoms with E-state index in [1.165, 1.54) is 5.56 Å². The van der Waals surface area contributed by atoms with E-state index in [9.17, 15) is 0 Å². The van der Waals surface area contributed by atoms with Crippen molar-refractivity contribution in [3.63, 3.8) is 0 Å². The second kappa shape index (κ2) is 7.21. The summed E-state index contributed by atoms with van der Waals surface area (Å²) in [6.07, 6.45) is 0. The molecule has 1 N–H and O–H groups in total. The Morgan fingerprint density at radius 3 is 2.67 bits per heavy atom. The second-order valence-electron chi connectivity index (χ2n) is 4.61. The highest BCUT2D eigenvalue weighted by atomic mass is 79.9. The average molecular weight is 352 g/mol. The summed E-state index contributed by atoms with van der Waals surface area (Å²) in [5.74, 6) is 1.95. The van der Waals surface area contributed by atoms with Gasteiger partial charge >= 0.3 is 0 Å². The van der Waals surface area contributed by atoms with E-state index in [2.05, 4.69) is 48.5 Å². The maximum atomic E-state index is 4.94. The molecule has 21 heavy (non-hydrogen) atoms. The zero-order valence-corrected chi connectivity index (χ0v) is 13.9. The first kappa shape index (κ1) is 15.5. The molecule has 7 heteroatoms. The molecule has 0 aliphatic heterocycles. The topological polar surface area (TPSA) is 66.5 Å². The minimum absolute atomic E-state index is 0.481. The Labute approximate surface area is 132 Å². The molecule has 0 bridgehead atoms. The van der Waals surface area contributed by atoms with Crippen molar-refractivity contribution in [1.29, 1.82) is 0 Å². The Balaban J connectivity index is 1.92. The second-order valence-corrected chi connectivity index (χ2v) is 5.53. The Morgan fingerprint density at radius 1 is 1.38 bits per heavy atom. The average Bonchev–Trinajstić information content (AvgIpc) is 2.88. The molecule has 0 unspecified atom stereocenters. The molecule has 0 aliphatic rings. The fraction of sp³-hybridized carbons (Fsp3) is 0.357. The Bertz CT molecular complexity index is 608. The number of aliphatic imine (C=N–C) groups is 1. The van der Waals surface area contributed by atoms with Gasteiger partial charge in [-0.2, -0.15) is 4.98 Å². The summed E-state index contributed by atoms with van der Waals surface area (Å²) >= 11 is 3.43. The Kier molecular flexibility index (Phi) is 5.32. The highest BCUT2D eigenvalue weighted by molar-refractivity contribution is 9.10. The number of nitrogens with zero attached hydrogens (tertiary/aromatic N) is 4. The SMILES string of the molecule is CN=C(NCc1noc(C)n1)N(C)Cc1ccc(Br)cc1. The molecular weight excluding hydrogens is 334 g/mol. The molecule has 2 rings (SSSR count). The predicted molar refractivity (Wildman–Crippen MR) is 84.8 cm³/mol. The molecular formula is C14H18BrN5O. The molecule has 112 valence electrons. The third-order valence-corrected chi connectivity index (χ3v) is 3.41. The minimum atomic E-state index is 0.481. The van der Waals surface area contributed by atoms with Crippen LogP contribution in [0, 0.1) is 6.92 Å². The van der Waals surface area contributed by atoms with Crippen LogP contribution in [-0.4, -0.2) is 35.1 Å². The van der Waals surface area contributed by atoms with Crippen LogP contribution in [0.2, 0.25) is 0 Å². The van der Waals surface area contributed by atoms with Crippen LogP contribution < -0.4 is 5.32 Å². The first-order chi connectivity index (χ1) is 10.1. The van der Waals surface area contributed by atoms with E-state index in [0.717, 1.165) is 17.0 Å².